The number of hydrogen-bond donors (Lipinski definition) is 2. The van der Waals surface area contributed by atoms with Crippen LogP contribution >= 0.6 is 0 Å². The van der Waals surface area contributed by atoms with Gasteiger partial charge in [-0.05, 0) is 19.8 Å². The molecule has 5 atom stereocenters. The van der Waals surface area contributed by atoms with Crippen molar-refractivity contribution in [1.29, 1.82) is 0 Å². The predicted molar refractivity (Wildman–Crippen MR) is 59.3 cm³/mol. The summed E-state index contributed by atoms with van der Waals surface area (Å²) in [6.45, 7) is 1.65. The lowest BCUT2D eigenvalue weighted by Gasteiger charge is -2.39. The number of aliphatic hydroxyl groups is 2. The Labute approximate surface area is 101 Å². The summed E-state index contributed by atoms with van der Waals surface area (Å²) in [5.74, 6) is -0.186. The molecule has 2 fully saturated rings. The summed E-state index contributed by atoms with van der Waals surface area (Å²) in [5.41, 5.74) is 0. The van der Waals surface area contributed by atoms with E-state index in [4.69, 9.17) is 9.47 Å². The highest BCUT2D eigenvalue weighted by Gasteiger charge is 2.37. The molecule has 2 rings (SSSR count). The zero-order valence-corrected chi connectivity index (χ0v) is 10.0. The van der Waals surface area contributed by atoms with Crippen LogP contribution in [-0.4, -0.2) is 46.7 Å². The van der Waals surface area contributed by atoms with E-state index in [0.717, 1.165) is 6.42 Å². The van der Waals surface area contributed by atoms with Crippen molar-refractivity contribution in [3.05, 3.63) is 0 Å². The Kier molecular flexibility index (Phi) is 4.01. The first-order valence-electron chi connectivity index (χ1n) is 6.24. The van der Waals surface area contributed by atoms with Gasteiger partial charge in [0.05, 0.1) is 30.8 Å². The molecule has 0 aliphatic carbocycles. The van der Waals surface area contributed by atoms with Gasteiger partial charge in [-0.1, -0.05) is 0 Å². The largest absolute Gasteiger partial charge is 0.462 e. The van der Waals surface area contributed by atoms with Crippen LogP contribution in [0.5, 0.6) is 0 Å². The normalized spacial score (nSPS) is 36.2. The highest BCUT2D eigenvalue weighted by molar-refractivity contribution is 5.71. The fourth-order valence-electron chi connectivity index (χ4n) is 2.66. The molecule has 2 aliphatic rings. The molecule has 2 saturated heterocycles. The fraction of sp³-hybridized carbons (Fsp3) is 0.917. The lowest BCUT2D eigenvalue weighted by atomic mass is 9.93. The molecule has 17 heavy (non-hydrogen) atoms. The van der Waals surface area contributed by atoms with Crippen LogP contribution in [-0.2, 0) is 14.3 Å². The number of aliphatic hydroxyl groups excluding tert-OH is 2. The summed E-state index contributed by atoms with van der Waals surface area (Å²) in [5, 5.41) is 18.9. The Morgan fingerprint density at radius 3 is 2.76 bits per heavy atom. The molecule has 2 N–H and O–H groups in total. The van der Waals surface area contributed by atoms with Crippen LogP contribution in [0.1, 0.15) is 39.0 Å². The van der Waals surface area contributed by atoms with Gasteiger partial charge >= 0.3 is 5.97 Å². The van der Waals surface area contributed by atoms with Gasteiger partial charge in [0.1, 0.15) is 6.10 Å². The topological polar surface area (TPSA) is 76.0 Å². The molecule has 0 aromatic rings. The summed E-state index contributed by atoms with van der Waals surface area (Å²) < 4.78 is 10.9. The number of fused-ring (bicyclic) bond motifs is 2. The van der Waals surface area contributed by atoms with Crippen molar-refractivity contribution in [1.82, 2.24) is 0 Å². The van der Waals surface area contributed by atoms with E-state index < -0.39 is 12.2 Å². The summed E-state index contributed by atoms with van der Waals surface area (Å²) in [7, 11) is 0. The van der Waals surface area contributed by atoms with Crippen molar-refractivity contribution in [2.24, 2.45) is 0 Å². The summed E-state index contributed by atoms with van der Waals surface area (Å²) in [4.78, 5) is 11.2. The minimum absolute atomic E-state index is 0.0567. The van der Waals surface area contributed by atoms with E-state index >= 15 is 0 Å². The Bertz CT molecular complexity index is 262. The average molecular weight is 244 g/mol. The third-order valence-electron chi connectivity index (χ3n) is 3.28. The Morgan fingerprint density at radius 1 is 1.35 bits per heavy atom. The van der Waals surface area contributed by atoms with Gasteiger partial charge in [0.25, 0.3) is 0 Å². The number of ether oxygens (including phenoxy) is 2. The van der Waals surface area contributed by atoms with E-state index in [2.05, 4.69) is 0 Å². The quantitative estimate of drug-likeness (QED) is 0.699. The van der Waals surface area contributed by atoms with Crippen molar-refractivity contribution in [3.8, 4) is 0 Å². The Hall–Kier alpha value is -0.650. The van der Waals surface area contributed by atoms with Crippen molar-refractivity contribution >= 4 is 5.97 Å². The molecule has 0 spiro atoms. The standard InChI is InChI=1S/C12H20O5/c1-7(13)2-8(14)3-9-4-10-5-11(16-9)6-12(15)17-10/h7-11,13-14H,2-6H2,1H3. The van der Waals surface area contributed by atoms with Gasteiger partial charge < -0.3 is 19.7 Å². The van der Waals surface area contributed by atoms with Crippen molar-refractivity contribution in [2.75, 3.05) is 0 Å². The second-order valence-electron chi connectivity index (χ2n) is 5.14. The van der Waals surface area contributed by atoms with Gasteiger partial charge in [-0.3, -0.25) is 4.79 Å². The monoisotopic (exact) mass is 244 g/mol. The van der Waals surface area contributed by atoms with Gasteiger partial charge in [0.15, 0.2) is 0 Å². The molecule has 5 unspecified atom stereocenters. The van der Waals surface area contributed by atoms with Gasteiger partial charge in [0, 0.05) is 12.8 Å². The van der Waals surface area contributed by atoms with E-state index in [1.807, 2.05) is 0 Å². The van der Waals surface area contributed by atoms with E-state index in [-0.39, 0.29) is 24.3 Å². The third kappa shape index (κ3) is 3.66. The van der Waals surface area contributed by atoms with Gasteiger partial charge in [-0.2, -0.15) is 0 Å². The van der Waals surface area contributed by atoms with E-state index in [9.17, 15) is 15.0 Å². The summed E-state index contributed by atoms with van der Waals surface area (Å²) >= 11 is 0. The lowest BCUT2D eigenvalue weighted by molar-refractivity contribution is -0.186. The second-order valence-corrected chi connectivity index (χ2v) is 5.14. The van der Waals surface area contributed by atoms with Gasteiger partial charge in [0.2, 0.25) is 0 Å². The molecule has 0 aromatic carbocycles. The van der Waals surface area contributed by atoms with Crippen LogP contribution < -0.4 is 0 Å². The second kappa shape index (κ2) is 5.33. The molecule has 2 aliphatic heterocycles. The van der Waals surface area contributed by atoms with Gasteiger partial charge in [-0.25, -0.2) is 0 Å². The molecule has 0 saturated carbocycles. The Morgan fingerprint density at radius 2 is 2.12 bits per heavy atom. The molecule has 5 heteroatoms. The molecule has 2 bridgehead atoms. The zero-order valence-electron chi connectivity index (χ0n) is 10.0. The minimum atomic E-state index is -0.561. The van der Waals surface area contributed by atoms with Gasteiger partial charge in [-0.15, -0.1) is 0 Å². The zero-order chi connectivity index (χ0) is 12.4. The summed E-state index contributed by atoms with van der Waals surface area (Å²) in [6, 6.07) is 0. The van der Waals surface area contributed by atoms with E-state index in [1.54, 1.807) is 6.92 Å². The molecule has 98 valence electrons. The molecule has 0 radical (unpaired) electrons. The fourth-order valence-corrected chi connectivity index (χ4v) is 2.66. The number of carbonyl (C=O) groups is 1. The number of carbonyl (C=O) groups excluding carboxylic acids is 1. The smallest absolute Gasteiger partial charge is 0.308 e. The average Bonchev–Trinajstić information content (AvgIpc) is 2.12. The maximum Gasteiger partial charge on any atom is 0.308 e. The maximum atomic E-state index is 11.2. The van der Waals surface area contributed by atoms with Crippen LogP contribution in [0.4, 0.5) is 0 Å². The highest BCUT2D eigenvalue weighted by atomic mass is 16.6. The van der Waals surface area contributed by atoms with Crippen LogP contribution in [0.3, 0.4) is 0 Å². The van der Waals surface area contributed by atoms with Crippen molar-refractivity contribution in [3.63, 3.8) is 0 Å². The number of hydrogen-bond acceptors (Lipinski definition) is 5. The number of esters is 1. The molecular weight excluding hydrogens is 224 g/mol. The molecule has 5 nitrogen and oxygen atoms in total. The SMILES string of the molecule is CC(O)CC(O)CC1CC2CC(CC(=O)O2)O1. The predicted octanol–water partition coefficient (Wildman–Crippen LogP) is 0.371. The molecule has 0 aromatic heterocycles. The lowest BCUT2D eigenvalue weighted by Crippen LogP contribution is -2.44. The van der Waals surface area contributed by atoms with Crippen LogP contribution in [0, 0.1) is 0 Å². The van der Waals surface area contributed by atoms with Crippen molar-refractivity contribution < 1.29 is 24.5 Å². The number of rotatable bonds is 4. The first kappa shape index (κ1) is 12.8. The van der Waals surface area contributed by atoms with E-state index in [1.165, 1.54) is 0 Å². The Balaban J connectivity index is 1.81. The molecular formula is C12H20O5. The van der Waals surface area contributed by atoms with Crippen LogP contribution in [0.2, 0.25) is 0 Å². The van der Waals surface area contributed by atoms with E-state index in [0.29, 0.717) is 25.7 Å². The first-order valence-corrected chi connectivity index (χ1v) is 6.24. The maximum absolute atomic E-state index is 11.2. The molecule has 0 amide bonds. The first-order chi connectivity index (χ1) is 8.02. The summed E-state index contributed by atoms with van der Waals surface area (Å²) in [6.07, 6.45) is 1.34. The molecule has 2 heterocycles. The van der Waals surface area contributed by atoms with Crippen molar-refractivity contribution in [2.45, 2.75) is 69.5 Å². The third-order valence-corrected chi connectivity index (χ3v) is 3.28. The minimum Gasteiger partial charge on any atom is -0.462 e. The highest BCUT2D eigenvalue weighted by Crippen LogP contribution is 2.31. The van der Waals surface area contributed by atoms with Crippen LogP contribution in [0.15, 0.2) is 0 Å². The van der Waals surface area contributed by atoms with Crippen LogP contribution in [0.25, 0.3) is 0 Å².